The van der Waals surface area contributed by atoms with E-state index in [-0.39, 0.29) is 11.7 Å². The molecule has 7 heteroatoms. The molecule has 142 valence electrons. The summed E-state index contributed by atoms with van der Waals surface area (Å²) < 4.78 is 15.0. The molecule has 0 bridgehead atoms. The summed E-state index contributed by atoms with van der Waals surface area (Å²) in [7, 11) is 0. The molecule has 3 heterocycles. The van der Waals surface area contributed by atoms with Gasteiger partial charge < -0.3 is 9.88 Å². The Hall–Kier alpha value is -3.06. The minimum Gasteiger partial charge on any atom is -0.352 e. The Kier molecular flexibility index (Phi) is 5.43. The highest BCUT2D eigenvalue weighted by atomic mass is 32.1. The molecule has 0 spiro atoms. The number of carbonyl (C=O) groups excluding carboxylic acids is 1. The zero-order valence-corrected chi connectivity index (χ0v) is 16.0. The van der Waals surface area contributed by atoms with E-state index in [1.54, 1.807) is 29.7 Å². The SMILES string of the molecule is O=C(CCc1nc2cccnc2n1Cc1cccs1)NCc1ccc(F)cc1. The van der Waals surface area contributed by atoms with Gasteiger partial charge in [-0.05, 0) is 41.3 Å². The van der Waals surface area contributed by atoms with E-state index in [9.17, 15) is 9.18 Å². The molecule has 0 aliphatic rings. The average molecular weight is 394 g/mol. The number of thiophene rings is 1. The number of amides is 1. The van der Waals surface area contributed by atoms with Crippen LogP contribution in [0.25, 0.3) is 11.2 Å². The molecule has 1 amide bonds. The molecular formula is C21H19FN4OS. The van der Waals surface area contributed by atoms with Crippen molar-refractivity contribution in [2.45, 2.75) is 25.9 Å². The Morgan fingerprint density at radius 2 is 2.00 bits per heavy atom. The number of nitrogens with one attached hydrogen (secondary N) is 1. The van der Waals surface area contributed by atoms with Gasteiger partial charge in [0.1, 0.15) is 17.2 Å². The number of pyridine rings is 1. The van der Waals surface area contributed by atoms with Crippen molar-refractivity contribution in [3.05, 3.63) is 82.2 Å². The van der Waals surface area contributed by atoms with E-state index < -0.39 is 0 Å². The van der Waals surface area contributed by atoms with Gasteiger partial charge in [-0.1, -0.05) is 18.2 Å². The third-order valence-electron chi connectivity index (χ3n) is 4.46. The first kappa shape index (κ1) is 18.3. The fraction of sp³-hybridized carbons (Fsp3) is 0.190. The first-order valence-corrected chi connectivity index (χ1v) is 9.90. The second-order valence-corrected chi connectivity index (χ2v) is 7.48. The fourth-order valence-electron chi connectivity index (χ4n) is 3.04. The van der Waals surface area contributed by atoms with Crippen molar-refractivity contribution in [1.82, 2.24) is 19.9 Å². The van der Waals surface area contributed by atoms with Crippen molar-refractivity contribution in [3.63, 3.8) is 0 Å². The molecule has 4 aromatic rings. The number of hydrogen-bond acceptors (Lipinski definition) is 4. The number of aryl methyl sites for hydroxylation is 1. The van der Waals surface area contributed by atoms with Gasteiger partial charge in [-0.3, -0.25) is 4.79 Å². The third kappa shape index (κ3) is 4.26. The highest BCUT2D eigenvalue weighted by Crippen LogP contribution is 2.19. The van der Waals surface area contributed by atoms with E-state index >= 15 is 0 Å². The molecular weight excluding hydrogens is 375 g/mol. The van der Waals surface area contributed by atoms with E-state index in [1.807, 2.05) is 23.6 Å². The zero-order valence-electron chi connectivity index (χ0n) is 15.1. The zero-order chi connectivity index (χ0) is 19.3. The molecule has 0 atom stereocenters. The molecule has 3 aromatic heterocycles. The molecule has 0 aliphatic heterocycles. The lowest BCUT2D eigenvalue weighted by Gasteiger charge is -2.08. The summed E-state index contributed by atoms with van der Waals surface area (Å²) in [5, 5.41) is 4.92. The number of carbonyl (C=O) groups is 1. The number of halogens is 1. The molecule has 28 heavy (non-hydrogen) atoms. The van der Waals surface area contributed by atoms with Gasteiger partial charge in [0.25, 0.3) is 0 Å². The van der Waals surface area contributed by atoms with Gasteiger partial charge >= 0.3 is 0 Å². The summed E-state index contributed by atoms with van der Waals surface area (Å²) in [6.07, 6.45) is 2.61. The lowest BCUT2D eigenvalue weighted by molar-refractivity contribution is -0.121. The predicted molar refractivity (Wildman–Crippen MR) is 108 cm³/mol. The molecule has 0 unspecified atom stereocenters. The maximum Gasteiger partial charge on any atom is 0.220 e. The van der Waals surface area contributed by atoms with Gasteiger partial charge in [0.15, 0.2) is 5.65 Å². The van der Waals surface area contributed by atoms with Crippen LogP contribution in [0.15, 0.2) is 60.1 Å². The predicted octanol–water partition coefficient (Wildman–Crippen LogP) is 3.93. The van der Waals surface area contributed by atoms with Crippen LogP contribution in [-0.4, -0.2) is 20.4 Å². The number of rotatable bonds is 7. The summed E-state index contributed by atoms with van der Waals surface area (Å²) in [4.78, 5) is 22.6. The number of hydrogen-bond donors (Lipinski definition) is 1. The minimum atomic E-state index is -0.284. The molecule has 1 aromatic carbocycles. The van der Waals surface area contributed by atoms with Crippen LogP contribution in [-0.2, 0) is 24.3 Å². The summed E-state index contributed by atoms with van der Waals surface area (Å²) >= 11 is 1.69. The van der Waals surface area contributed by atoms with Gasteiger partial charge in [-0.25, -0.2) is 14.4 Å². The van der Waals surface area contributed by atoms with E-state index in [2.05, 4.69) is 25.9 Å². The Labute approximate surface area is 165 Å². The first-order chi connectivity index (χ1) is 13.7. The van der Waals surface area contributed by atoms with Crippen molar-refractivity contribution in [2.75, 3.05) is 0 Å². The van der Waals surface area contributed by atoms with Crippen LogP contribution in [0.3, 0.4) is 0 Å². The number of nitrogens with zero attached hydrogens (tertiary/aromatic N) is 3. The molecule has 0 saturated carbocycles. The van der Waals surface area contributed by atoms with Crippen molar-refractivity contribution in [1.29, 1.82) is 0 Å². The third-order valence-corrected chi connectivity index (χ3v) is 5.32. The maximum atomic E-state index is 13.0. The van der Waals surface area contributed by atoms with Crippen molar-refractivity contribution in [2.24, 2.45) is 0 Å². The largest absolute Gasteiger partial charge is 0.352 e. The van der Waals surface area contributed by atoms with Gasteiger partial charge in [0.2, 0.25) is 5.91 Å². The standard InChI is InChI=1S/C21H19FN4OS/c22-16-7-5-15(6-8-16)13-24-20(27)10-9-19-25-18-4-1-11-23-21(18)26(19)14-17-3-2-12-28-17/h1-8,11-12H,9-10,13-14H2,(H,24,27). The van der Waals surface area contributed by atoms with Gasteiger partial charge in [0, 0.05) is 30.5 Å². The van der Waals surface area contributed by atoms with Crippen LogP contribution in [0.5, 0.6) is 0 Å². The Balaban J connectivity index is 1.43. The van der Waals surface area contributed by atoms with E-state index in [1.165, 1.54) is 17.0 Å². The molecule has 4 rings (SSSR count). The fourth-order valence-corrected chi connectivity index (χ4v) is 3.73. The van der Waals surface area contributed by atoms with Crippen LogP contribution in [0.4, 0.5) is 4.39 Å². The van der Waals surface area contributed by atoms with Gasteiger partial charge in [-0.15, -0.1) is 11.3 Å². The molecule has 0 fully saturated rings. The Bertz CT molecular complexity index is 1070. The number of imidazole rings is 1. The van der Waals surface area contributed by atoms with Crippen molar-refractivity contribution < 1.29 is 9.18 Å². The highest BCUT2D eigenvalue weighted by Gasteiger charge is 2.14. The van der Waals surface area contributed by atoms with Crippen LogP contribution < -0.4 is 5.32 Å². The summed E-state index contributed by atoms with van der Waals surface area (Å²) in [5.41, 5.74) is 2.53. The number of benzene rings is 1. The van der Waals surface area contributed by atoms with Crippen molar-refractivity contribution in [3.8, 4) is 0 Å². The van der Waals surface area contributed by atoms with Crippen LogP contribution in [0.1, 0.15) is 22.7 Å². The monoisotopic (exact) mass is 394 g/mol. The lowest BCUT2D eigenvalue weighted by atomic mass is 10.2. The number of fused-ring (bicyclic) bond motifs is 1. The average Bonchev–Trinajstić information content (AvgIpc) is 3.34. The van der Waals surface area contributed by atoms with Gasteiger partial charge in [-0.2, -0.15) is 0 Å². The summed E-state index contributed by atoms with van der Waals surface area (Å²) in [6, 6.07) is 14.0. The van der Waals surface area contributed by atoms with E-state index in [4.69, 9.17) is 0 Å². The second-order valence-electron chi connectivity index (χ2n) is 6.44. The van der Waals surface area contributed by atoms with Crippen molar-refractivity contribution >= 4 is 28.4 Å². The molecule has 0 aliphatic carbocycles. The van der Waals surface area contributed by atoms with Crippen LogP contribution in [0.2, 0.25) is 0 Å². The van der Waals surface area contributed by atoms with E-state index in [0.717, 1.165) is 22.6 Å². The van der Waals surface area contributed by atoms with Crippen LogP contribution in [0, 0.1) is 5.82 Å². The molecule has 0 radical (unpaired) electrons. The normalized spacial score (nSPS) is 11.0. The summed E-state index contributed by atoms with van der Waals surface area (Å²) in [6.45, 7) is 1.07. The quantitative estimate of drug-likeness (QED) is 0.517. The molecule has 5 nitrogen and oxygen atoms in total. The smallest absolute Gasteiger partial charge is 0.220 e. The van der Waals surface area contributed by atoms with Gasteiger partial charge in [0.05, 0.1) is 6.54 Å². The first-order valence-electron chi connectivity index (χ1n) is 9.03. The molecule has 1 N–H and O–H groups in total. The Morgan fingerprint density at radius 1 is 1.14 bits per heavy atom. The second kappa shape index (κ2) is 8.31. The summed E-state index contributed by atoms with van der Waals surface area (Å²) in [5.74, 6) is 0.499. The lowest BCUT2D eigenvalue weighted by Crippen LogP contribution is -2.23. The molecule has 0 saturated heterocycles. The maximum absolute atomic E-state index is 13.0. The van der Waals surface area contributed by atoms with Crippen LogP contribution >= 0.6 is 11.3 Å². The Morgan fingerprint density at radius 3 is 2.79 bits per heavy atom. The highest BCUT2D eigenvalue weighted by molar-refractivity contribution is 7.09. The minimum absolute atomic E-state index is 0.0630. The number of aromatic nitrogens is 3. The van der Waals surface area contributed by atoms with E-state index in [0.29, 0.717) is 25.9 Å². The topological polar surface area (TPSA) is 59.8 Å².